The van der Waals surface area contributed by atoms with Crippen molar-refractivity contribution in [2.45, 2.75) is 25.8 Å². The van der Waals surface area contributed by atoms with Gasteiger partial charge in [-0.25, -0.2) is 0 Å². The number of nitrogens with one attached hydrogen (secondary N) is 2. The maximum Gasteiger partial charge on any atom is 0.191 e. The molecule has 1 aromatic rings. The Balaban J connectivity index is 0.00000280. The molecule has 0 saturated carbocycles. The van der Waals surface area contributed by atoms with E-state index in [0.717, 1.165) is 58.4 Å². The second-order valence-corrected chi connectivity index (χ2v) is 8.15. The molecule has 2 saturated heterocycles. The lowest BCUT2D eigenvalue weighted by Crippen LogP contribution is -2.56. The van der Waals surface area contributed by atoms with Crippen LogP contribution in [0.15, 0.2) is 35.3 Å². The summed E-state index contributed by atoms with van der Waals surface area (Å²) in [5.41, 5.74) is 1.41. The smallest absolute Gasteiger partial charge is 0.191 e. The van der Waals surface area contributed by atoms with Gasteiger partial charge in [-0.3, -0.25) is 9.89 Å². The van der Waals surface area contributed by atoms with E-state index in [1.807, 2.05) is 7.05 Å². The van der Waals surface area contributed by atoms with Gasteiger partial charge in [0, 0.05) is 57.5 Å². The van der Waals surface area contributed by atoms with Gasteiger partial charge in [0.2, 0.25) is 0 Å². The number of rotatable bonds is 6. The van der Waals surface area contributed by atoms with Crippen LogP contribution in [-0.4, -0.2) is 75.9 Å². The Bertz CT molecular complexity index is 604. The monoisotopic (exact) mass is 501 g/mol. The summed E-state index contributed by atoms with van der Waals surface area (Å²) in [6, 6.07) is 10.7. The van der Waals surface area contributed by atoms with Crippen molar-refractivity contribution in [2.75, 3.05) is 64.4 Å². The van der Waals surface area contributed by atoms with Crippen molar-refractivity contribution >= 4 is 35.6 Å². The Morgan fingerprint density at radius 3 is 2.54 bits per heavy atom. The van der Waals surface area contributed by atoms with Gasteiger partial charge >= 0.3 is 0 Å². The fourth-order valence-electron chi connectivity index (χ4n) is 3.91. The highest BCUT2D eigenvalue weighted by Gasteiger charge is 2.28. The molecule has 1 unspecified atom stereocenters. The summed E-state index contributed by atoms with van der Waals surface area (Å²) in [5.74, 6) is 1.55. The van der Waals surface area contributed by atoms with Crippen molar-refractivity contribution in [2.24, 2.45) is 10.9 Å². The van der Waals surface area contributed by atoms with Crippen molar-refractivity contribution in [3.63, 3.8) is 0 Å². The molecular weight excluding hydrogens is 465 g/mol. The van der Waals surface area contributed by atoms with E-state index in [1.54, 1.807) is 0 Å². The summed E-state index contributed by atoms with van der Waals surface area (Å²) >= 11 is 0. The molecule has 0 bridgehead atoms. The lowest BCUT2D eigenvalue weighted by Gasteiger charge is -2.41. The normalized spacial score (nSPS) is 21.3. The van der Waals surface area contributed by atoms with Gasteiger partial charge in [0.05, 0.1) is 13.2 Å². The summed E-state index contributed by atoms with van der Waals surface area (Å²) < 4.78 is 5.48. The number of hydrogen-bond donors (Lipinski definition) is 2. The number of halogens is 1. The predicted molar refractivity (Wildman–Crippen MR) is 128 cm³/mol. The number of para-hydroxylation sites is 1. The van der Waals surface area contributed by atoms with Crippen LogP contribution >= 0.6 is 24.0 Å². The van der Waals surface area contributed by atoms with E-state index in [0.29, 0.717) is 5.92 Å². The number of guanidine groups is 1. The predicted octanol–water partition coefficient (Wildman–Crippen LogP) is 2.41. The third-order valence-electron chi connectivity index (χ3n) is 5.74. The fourth-order valence-corrected chi connectivity index (χ4v) is 3.91. The van der Waals surface area contributed by atoms with Crippen LogP contribution in [0.5, 0.6) is 0 Å². The minimum absolute atomic E-state index is 0. The molecule has 7 heteroatoms. The van der Waals surface area contributed by atoms with Crippen LogP contribution in [0.3, 0.4) is 0 Å². The number of nitrogens with zero attached hydrogens (tertiary/aromatic N) is 3. The number of morpholine rings is 1. The number of ether oxygens (including phenoxy) is 1. The van der Waals surface area contributed by atoms with Crippen molar-refractivity contribution < 1.29 is 4.74 Å². The topological polar surface area (TPSA) is 52.1 Å². The largest absolute Gasteiger partial charge is 0.379 e. The Labute approximate surface area is 187 Å². The van der Waals surface area contributed by atoms with E-state index in [2.05, 4.69) is 69.6 Å². The Morgan fingerprint density at radius 2 is 1.86 bits per heavy atom. The molecule has 0 aromatic heterocycles. The first-order chi connectivity index (χ1) is 13.1. The van der Waals surface area contributed by atoms with Crippen molar-refractivity contribution in [3.05, 3.63) is 30.3 Å². The molecule has 0 spiro atoms. The lowest BCUT2D eigenvalue weighted by molar-refractivity contribution is -0.00834. The van der Waals surface area contributed by atoms with Gasteiger partial charge in [0.25, 0.3) is 0 Å². The summed E-state index contributed by atoms with van der Waals surface area (Å²) in [4.78, 5) is 9.38. The highest BCUT2D eigenvalue weighted by atomic mass is 127. The summed E-state index contributed by atoms with van der Waals surface area (Å²) in [5, 5.41) is 7.04. The fraction of sp³-hybridized carbons (Fsp3) is 0.667. The van der Waals surface area contributed by atoms with Crippen LogP contribution in [-0.2, 0) is 4.74 Å². The molecule has 0 amide bonds. The maximum atomic E-state index is 5.48. The molecule has 2 heterocycles. The van der Waals surface area contributed by atoms with E-state index >= 15 is 0 Å². The Morgan fingerprint density at radius 1 is 1.14 bits per heavy atom. The third-order valence-corrected chi connectivity index (χ3v) is 5.74. The SMILES string of the molecule is CN=C(NCC1CCN(c2ccccc2)C1)NCC(C)(C)N1CCOCC1.I. The van der Waals surface area contributed by atoms with Gasteiger partial charge < -0.3 is 20.3 Å². The van der Waals surface area contributed by atoms with E-state index in [1.165, 1.54) is 12.1 Å². The van der Waals surface area contributed by atoms with Gasteiger partial charge in [-0.05, 0) is 38.3 Å². The second-order valence-electron chi connectivity index (χ2n) is 8.15. The van der Waals surface area contributed by atoms with E-state index < -0.39 is 0 Å². The molecule has 0 aliphatic carbocycles. The highest BCUT2D eigenvalue weighted by Crippen LogP contribution is 2.23. The zero-order valence-electron chi connectivity index (χ0n) is 17.5. The number of hydrogen-bond acceptors (Lipinski definition) is 4. The second kappa shape index (κ2) is 11.2. The first kappa shape index (κ1) is 23.2. The minimum atomic E-state index is 0. The van der Waals surface area contributed by atoms with Crippen molar-refractivity contribution in [3.8, 4) is 0 Å². The number of benzene rings is 1. The average Bonchev–Trinajstić information content (AvgIpc) is 3.18. The minimum Gasteiger partial charge on any atom is -0.379 e. The highest BCUT2D eigenvalue weighted by molar-refractivity contribution is 14.0. The molecule has 158 valence electrons. The molecule has 2 fully saturated rings. The number of aliphatic imine (C=N–C) groups is 1. The Kier molecular flexibility index (Phi) is 9.30. The van der Waals surface area contributed by atoms with Crippen LogP contribution < -0.4 is 15.5 Å². The summed E-state index contributed by atoms with van der Waals surface area (Å²) in [6.45, 7) is 12.3. The molecule has 2 aliphatic rings. The zero-order chi connectivity index (χ0) is 19.1. The molecule has 1 aromatic carbocycles. The van der Waals surface area contributed by atoms with Crippen molar-refractivity contribution in [1.29, 1.82) is 0 Å². The van der Waals surface area contributed by atoms with Crippen LogP contribution in [0.25, 0.3) is 0 Å². The molecule has 3 rings (SSSR count). The lowest BCUT2D eigenvalue weighted by atomic mass is 10.0. The molecule has 1 atom stereocenters. The summed E-state index contributed by atoms with van der Waals surface area (Å²) in [7, 11) is 1.85. The van der Waals surface area contributed by atoms with Crippen LogP contribution in [0, 0.1) is 5.92 Å². The van der Waals surface area contributed by atoms with E-state index in [9.17, 15) is 0 Å². The summed E-state index contributed by atoms with van der Waals surface area (Å²) in [6.07, 6.45) is 1.22. The average molecular weight is 501 g/mol. The third kappa shape index (κ3) is 6.49. The quantitative estimate of drug-likeness (QED) is 0.356. The van der Waals surface area contributed by atoms with E-state index in [-0.39, 0.29) is 29.5 Å². The van der Waals surface area contributed by atoms with Crippen LogP contribution in [0.4, 0.5) is 5.69 Å². The molecule has 2 N–H and O–H groups in total. The van der Waals surface area contributed by atoms with Gasteiger partial charge in [-0.1, -0.05) is 18.2 Å². The molecule has 2 aliphatic heterocycles. The van der Waals surface area contributed by atoms with Crippen molar-refractivity contribution in [1.82, 2.24) is 15.5 Å². The van der Waals surface area contributed by atoms with E-state index in [4.69, 9.17) is 4.74 Å². The van der Waals surface area contributed by atoms with Gasteiger partial charge in [-0.15, -0.1) is 24.0 Å². The molecular formula is C21H36IN5O. The molecule has 0 radical (unpaired) electrons. The Hall–Kier alpha value is -1.06. The van der Waals surface area contributed by atoms with Crippen LogP contribution in [0.2, 0.25) is 0 Å². The van der Waals surface area contributed by atoms with Crippen LogP contribution in [0.1, 0.15) is 20.3 Å². The maximum absolute atomic E-state index is 5.48. The van der Waals surface area contributed by atoms with Gasteiger partial charge in [0.1, 0.15) is 0 Å². The first-order valence-electron chi connectivity index (χ1n) is 10.2. The van der Waals surface area contributed by atoms with Gasteiger partial charge in [-0.2, -0.15) is 0 Å². The number of anilines is 1. The first-order valence-corrected chi connectivity index (χ1v) is 10.2. The molecule has 6 nitrogen and oxygen atoms in total. The molecule has 28 heavy (non-hydrogen) atoms. The standard InChI is InChI=1S/C21H35N5O.HI/c1-21(2,26-11-13-27-14-12-26)17-24-20(22-3)23-15-18-9-10-25(16-18)19-7-5-4-6-8-19;/h4-8,18H,9-17H2,1-3H3,(H2,22,23,24);1H. The zero-order valence-corrected chi connectivity index (χ0v) is 19.8. The van der Waals surface area contributed by atoms with Gasteiger partial charge in [0.15, 0.2) is 5.96 Å².